The van der Waals surface area contributed by atoms with Gasteiger partial charge in [-0.25, -0.2) is 9.67 Å². The number of hydrogen-bond acceptors (Lipinski definition) is 7. The van der Waals surface area contributed by atoms with E-state index in [0.717, 1.165) is 11.1 Å². The summed E-state index contributed by atoms with van der Waals surface area (Å²) in [6, 6.07) is 11.6. The predicted octanol–water partition coefficient (Wildman–Crippen LogP) is 1.57. The molecule has 1 aromatic carbocycles. The van der Waals surface area contributed by atoms with E-state index in [2.05, 4.69) is 20.3 Å². The van der Waals surface area contributed by atoms with Crippen molar-refractivity contribution in [3.8, 4) is 11.5 Å². The summed E-state index contributed by atoms with van der Waals surface area (Å²) in [5, 5.41) is 8.40. The summed E-state index contributed by atoms with van der Waals surface area (Å²) in [6.45, 7) is 1.00. The molecule has 0 saturated carbocycles. The SMILES string of the molecule is NCc1cccc(Cn2nnc3c(-c4ccco4)nc(N)nc32)c1. The molecule has 0 atom stereocenters. The molecule has 0 aliphatic heterocycles. The summed E-state index contributed by atoms with van der Waals surface area (Å²) in [7, 11) is 0. The van der Waals surface area contributed by atoms with E-state index < -0.39 is 0 Å². The second kappa shape index (κ2) is 5.74. The molecule has 8 heteroatoms. The number of nitrogens with two attached hydrogens (primary N) is 2. The highest BCUT2D eigenvalue weighted by Crippen LogP contribution is 2.25. The van der Waals surface area contributed by atoms with Gasteiger partial charge in [0.15, 0.2) is 16.9 Å². The van der Waals surface area contributed by atoms with Gasteiger partial charge in [-0.2, -0.15) is 4.98 Å². The molecule has 0 aliphatic rings. The van der Waals surface area contributed by atoms with E-state index >= 15 is 0 Å². The lowest BCUT2D eigenvalue weighted by Crippen LogP contribution is -2.06. The first-order valence-electron chi connectivity index (χ1n) is 7.43. The lowest BCUT2D eigenvalue weighted by molar-refractivity contribution is 0.580. The minimum absolute atomic E-state index is 0.146. The Balaban J connectivity index is 1.80. The topological polar surface area (TPSA) is 122 Å². The van der Waals surface area contributed by atoms with E-state index in [0.29, 0.717) is 35.7 Å². The second-order valence-corrected chi connectivity index (χ2v) is 5.35. The largest absolute Gasteiger partial charge is 0.463 e. The van der Waals surface area contributed by atoms with Gasteiger partial charge in [0.25, 0.3) is 0 Å². The van der Waals surface area contributed by atoms with Crippen molar-refractivity contribution in [1.82, 2.24) is 25.0 Å². The van der Waals surface area contributed by atoms with Crippen LogP contribution in [-0.4, -0.2) is 25.0 Å². The van der Waals surface area contributed by atoms with Crippen molar-refractivity contribution in [1.29, 1.82) is 0 Å². The molecule has 0 bridgehead atoms. The van der Waals surface area contributed by atoms with Crippen molar-refractivity contribution < 1.29 is 4.42 Å². The molecule has 0 fully saturated rings. The highest BCUT2D eigenvalue weighted by atomic mass is 16.3. The number of anilines is 1. The number of furan rings is 1. The molecule has 0 saturated heterocycles. The monoisotopic (exact) mass is 321 g/mol. The third kappa shape index (κ3) is 2.48. The molecule has 0 aliphatic carbocycles. The number of fused-ring (bicyclic) bond motifs is 1. The van der Waals surface area contributed by atoms with Gasteiger partial charge in [-0.15, -0.1) is 5.10 Å². The molecule has 24 heavy (non-hydrogen) atoms. The van der Waals surface area contributed by atoms with Gasteiger partial charge in [0, 0.05) is 6.54 Å². The number of nitrogen functional groups attached to an aromatic ring is 1. The molecule has 0 unspecified atom stereocenters. The Bertz CT molecular complexity index is 991. The van der Waals surface area contributed by atoms with Crippen molar-refractivity contribution in [2.45, 2.75) is 13.1 Å². The third-order valence-electron chi connectivity index (χ3n) is 3.69. The van der Waals surface area contributed by atoms with Gasteiger partial charge in [-0.3, -0.25) is 0 Å². The average molecular weight is 321 g/mol. The highest BCUT2D eigenvalue weighted by Gasteiger charge is 2.17. The number of aromatic nitrogens is 5. The Morgan fingerprint density at radius 3 is 2.75 bits per heavy atom. The van der Waals surface area contributed by atoms with Crippen LogP contribution in [0.2, 0.25) is 0 Å². The van der Waals surface area contributed by atoms with Crippen LogP contribution in [0.4, 0.5) is 5.95 Å². The van der Waals surface area contributed by atoms with Gasteiger partial charge in [-0.1, -0.05) is 29.5 Å². The smallest absolute Gasteiger partial charge is 0.222 e. The lowest BCUT2D eigenvalue weighted by atomic mass is 10.1. The minimum Gasteiger partial charge on any atom is -0.463 e. The molecular weight excluding hydrogens is 306 g/mol. The number of nitrogens with zero attached hydrogens (tertiary/aromatic N) is 5. The predicted molar refractivity (Wildman–Crippen MR) is 88.7 cm³/mol. The van der Waals surface area contributed by atoms with Gasteiger partial charge in [0.1, 0.15) is 5.69 Å². The Morgan fingerprint density at radius 1 is 1.08 bits per heavy atom. The second-order valence-electron chi connectivity index (χ2n) is 5.35. The summed E-state index contributed by atoms with van der Waals surface area (Å²) in [5.41, 5.74) is 15.3. The number of rotatable bonds is 4. The first-order valence-corrected chi connectivity index (χ1v) is 7.43. The molecule has 0 radical (unpaired) electrons. The van der Waals surface area contributed by atoms with Gasteiger partial charge in [-0.05, 0) is 23.3 Å². The zero-order valence-electron chi connectivity index (χ0n) is 12.8. The van der Waals surface area contributed by atoms with Crippen LogP contribution < -0.4 is 11.5 Å². The fourth-order valence-corrected chi connectivity index (χ4v) is 2.59. The van der Waals surface area contributed by atoms with Crippen LogP contribution in [0, 0.1) is 0 Å². The Morgan fingerprint density at radius 2 is 1.96 bits per heavy atom. The van der Waals surface area contributed by atoms with E-state index in [1.165, 1.54) is 0 Å². The van der Waals surface area contributed by atoms with Crippen molar-refractivity contribution in [2.24, 2.45) is 5.73 Å². The van der Waals surface area contributed by atoms with Crippen LogP contribution in [0.1, 0.15) is 11.1 Å². The molecule has 4 rings (SSSR count). The van der Waals surface area contributed by atoms with Crippen molar-refractivity contribution >= 4 is 17.1 Å². The molecule has 3 heterocycles. The fraction of sp³-hybridized carbons (Fsp3) is 0.125. The lowest BCUT2D eigenvalue weighted by Gasteiger charge is -2.05. The molecule has 8 nitrogen and oxygen atoms in total. The summed E-state index contributed by atoms with van der Waals surface area (Å²) in [6.07, 6.45) is 1.57. The van der Waals surface area contributed by atoms with Gasteiger partial charge in [0.2, 0.25) is 5.95 Å². The first kappa shape index (κ1) is 14.3. The molecule has 4 N–H and O–H groups in total. The summed E-state index contributed by atoms with van der Waals surface area (Å²) < 4.78 is 7.09. The van der Waals surface area contributed by atoms with Crippen LogP contribution in [-0.2, 0) is 13.1 Å². The van der Waals surface area contributed by atoms with Gasteiger partial charge >= 0.3 is 0 Å². The Kier molecular flexibility index (Phi) is 3.43. The van der Waals surface area contributed by atoms with Crippen LogP contribution in [0.3, 0.4) is 0 Å². The van der Waals surface area contributed by atoms with Crippen LogP contribution in [0.25, 0.3) is 22.6 Å². The number of benzene rings is 1. The van der Waals surface area contributed by atoms with Crippen molar-refractivity contribution in [3.63, 3.8) is 0 Å². The Hall–Kier alpha value is -3.26. The molecule has 0 amide bonds. The Labute approximate surface area is 137 Å². The van der Waals surface area contributed by atoms with E-state index in [1.54, 1.807) is 23.1 Å². The minimum atomic E-state index is 0.146. The highest BCUT2D eigenvalue weighted by molar-refractivity contribution is 5.85. The summed E-state index contributed by atoms with van der Waals surface area (Å²) >= 11 is 0. The van der Waals surface area contributed by atoms with E-state index in [4.69, 9.17) is 15.9 Å². The van der Waals surface area contributed by atoms with Crippen molar-refractivity contribution in [2.75, 3.05) is 5.73 Å². The maximum atomic E-state index is 5.85. The molecule has 4 aromatic rings. The standard InChI is InChI=1S/C16H15N7O/c17-8-10-3-1-4-11(7-10)9-23-15-14(21-22-23)13(19-16(18)20-15)12-5-2-6-24-12/h1-7H,8-9,17H2,(H2,18,19,20). The molecule has 120 valence electrons. The zero-order valence-corrected chi connectivity index (χ0v) is 12.8. The van der Waals surface area contributed by atoms with Crippen LogP contribution in [0.15, 0.2) is 47.1 Å². The maximum Gasteiger partial charge on any atom is 0.222 e. The summed E-state index contributed by atoms with van der Waals surface area (Å²) in [5.74, 6) is 0.722. The first-order chi connectivity index (χ1) is 11.7. The normalized spacial score (nSPS) is 11.2. The fourth-order valence-electron chi connectivity index (χ4n) is 2.59. The molecular formula is C16H15N7O. The van der Waals surface area contributed by atoms with Crippen LogP contribution >= 0.6 is 0 Å². The van der Waals surface area contributed by atoms with Gasteiger partial charge < -0.3 is 15.9 Å². The van der Waals surface area contributed by atoms with E-state index in [9.17, 15) is 0 Å². The average Bonchev–Trinajstić information content (AvgIpc) is 3.25. The third-order valence-corrected chi connectivity index (χ3v) is 3.69. The van der Waals surface area contributed by atoms with E-state index in [1.807, 2.05) is 24.3 Å². The van der Waals surface area contributed by atoms with E-state index in [-0.39, 0.29) is 5.95 Å². The quantitative estimate of drug-likeness (QED) is 0.585. The summed E-state index contributed by atoms with van der Waals surface area (Å²) in [4.78, 5) is 8.52. The number of hydrogen-bond donors (Lipinski definition) is 2. The van der Waals surface area contributed by atoms with Gasteiger partial charge in [0.05, 0.1) is 12.8 Å². The van der Waals surface area contributed by atoms with Crippen LogP contribution in [0.5, 0.6) is 0 Å². The molecule has 3 aromatic heterocycles. The zero-order chi connectivity index (χ0) is 16.5. The van der Waals surface area contributed by atoms with Crippen molar-refractivity contribution in [3.05, 3.63) is 53.8 Å². The maximum absolute atomic E-state index is 5.85. The molecule has 0 spiro atoms.